The van der Waals surface area contributed by atoms with Gasteiger partial charge in [0.2, 0.25) is 0 Å². The quantitative estimate of drug-likeness (QED) is 0.750. The zero-order valence-corrected chi connectivity index (χ0v) is 10.2. The summed E-state index contributed by atoms with van der Waals surface area (Å²) in [5.41, 5.74) is 1.29. The van der Waals surface area contributed by atoms with Crippen LogP contribution >= 0.6 is 0 Å². The topological polar surface area (TPSA) is 29.1 Å². The van der Waals surface area contributed by atoms with E-state index in [1.807, 2.05) is 25.1 Å². The van der Waals surface area contributed by atoms with Crippen LogP contribution in [-0.4, -0.2) is 22.3 Å². The van der Waals surface area contributed by atoms with Crippen molar-refractivity contribution >= 4 is 10.8 Å². The van der Waals surface area contributed by atoms with Gasteiger partial charge in [-0.2, -0.15) is 0 Å². The minimum absolute atomic E-state index is 0.285. The lowest BCUT2D eigenvalue weighted by molar-refractivity contribution is 0.629. The van der Waals surface area contributed by atoms with Crippen LogP contribution in [0.5, 0.6) is 0 Å². The maximum atomic E-state index is 11.1. The summed E-state index contributed by atoms with van der Waals surface area (Å²) in [4.78, 5) is 0. The fraction of sp³-hybridized carbons (Fsp3) is 0.500. The van der Waals surface area contributed by atoms with E-state index in [-0.39, 0.29) is 5.25 Å². The van der Waals surface area contributed by atoms with Crippen molar-refractivity contribution in [2.45, 2.75) is 25.1 Å². The van der Waals surface area contributed by atoms with Gasteiger partial charge in [0.25, 0.3) is 0 Å². The second kappa shape index (κ2) is 6.75. The molecule has 0 aliphatic heterocycles. The van der Waals surface area contributed by atoms with Crippen molar-refractivity contribution < 1.29 is 4.21 Å². The van der Waals surface area contributed by atoms with E-state index in [4.69, 9.17) is 0 Å². The Kier molecular flexibility index (Phi) is 5.58. The molecular formula is C12H19NOS. The van der Waals surface area contributed by atoms with E-state index in [0.29, 0.717) is 0 Å². The molecule has 15 heavy (non-hydrogen) atoms. The smallest absolute Gasteiger partial charge is 0.0329 e. The van der Waals surface area contributed by atoms with E-state index in [1.54, 1.807) is 6.26 Å². The lowest BCUT2D eigenvalue weighted by Gasteiger charge is -2.09. The van der Waals surface area contributed by atoms with Gasteiger partial charge >= 0.3 is 0 Å². The summed E-state index contributed by atoms with van der Waals surface area (Å²) in [6.45, 7) is 3.85. The first-order valence-corrected chi connectivity index (χ1v) is 6.89. The Bertz CT molecular complexity index is 300. The van der Waals surface area contributed by atoms with Crippen LogP contribution in [0.15, 0.2) is 30.3 Å². The zero-order valence-electron chi connectivity index (χ0n) is 9.40. The van der Waals surface area contributed by atoms with Crippen LogP contribution in [-0.2, 0) is 17.3 Å². The minimum Gasteiger partial charge on any atom is -0.313 e. The fourth-order valence-electron chi connectivity index (χ4n) is 1.30. The molecule has 0 amide bonds. The second-order valence-corrected chi connectivity index (χ2v) is 5.56. The van der Waals surface area contributed by atoms with Gasteiger partial charge in [-0.25, -0.2) is 0 Å². The Morgan fingerprint density at radius 1 is 1.33 bits per heavy atom. The Morgan fingerprint density at radius 3 is 2.60 bits per heavy atom. The Balaban J connectivity index is 2.15. The highest BCUT2D eigenvalue weighted by molar-refractivity contribution is 7.84. The largest absolute Gasteiger partial charge is 0.313 e. The van der Waals surface area contributed by atoms with Crippen LogP contribution in [0.1, 0.15) is 18.9 Å². The molecule has 1 rings (SSSR count). The molecule has 1 aromatic rings. The van der Waals surface area contributed by atoms with Crippen molar-refractivity contribution in [3.63, 3.8) is 0 Å². The second-order valence-electron chi connectivity index (χ2n) is 3.76. The maximum absolute atomic E-state index is 11.1. The summed E-state index contributed by atoms with van der Waals surface area (Å²) < 4.78 is 11.1. The van der Waals surface area contributed by atoms with Crippen molar-refractivity contribution in [3.05, 3.63) is 35.9 Å². The average molecular weight is 225 g/mol. The van der Waals surface area contributed by atoms with Crippen LogP contribution in [0.25, 0.3) is 0 Å². The number of hydrogen-bond acceptors (Lipinski definition) is 2. The molecule has 0 bridgehead atoms. The van der Waals surface area contributed by atoms with Gasteiger partial charge in [0.1, 0.15) is 0 Å². The maximum Gasteiger partial charge on any atom is 0.0329 e. The Hall–Kier alpha value is -0.670. The van der Waals surface area contributed by atoms with Gasteiger partial charge in [0, 0.05) is 28.9 Å². The molecule has 0 spiro atoms. The van der Waals surface area contributed by atoms with Crippen molar-refractivity contribution in [2.75, 3.05) is 12.8 Å². The molecule has 0 fully saturated rings. The van der Waals surface area contributed by atoms with Gasteiger partial charge in [0.05, 0.1) is 0 Å². The van der Waals surface area contributed by atoms with Crippen molar-refractivity contribution in [3.8, 4) is 0 Å². The number of benzene rings is 1. The molecule has 2 atom stereocenters. The highest BCUT2D eigenvalue weighted by Gasteiger charge is 2.04. The molecule has 0 radical (unpaired) electrons. The first-order chi connectivity index (χ1) is 7.20. The van der Waals surface area contributed by atoms with E-state index in [0.717, 1.165) is 19.5 Å². The first-order valence-electron chi connectivity index (χ1n) is 5.27. The normalized spacial score (nSPS) is 14.8. The van der Waals surface area contributed by atoms with Gasteiger partial charge < -0.3 is 5.32 Å². The third kappa shape index (κ3) is 5.09. The molecule has 0 saturated heterocycles. The monoisotopic (exact) mass is 225 g/mol. The van der Waals surface area contributed by atoms with Crippen molar-refractivity contribution in [1.82, 2.24) is 5.32 Å². The Morgan fingerprint density at radius 2 is 2.00 bits per heavy atom. The van der Waals surface area contributed by atoms with Crippen molar-refractivity contribution in [1.29, 1.82) is 0 Å². The molecule has 3 heteroatoms. The molecule has 0 aromatic heterocycles. The number of rotatable bonds is 6. The van der Waals surface area contributed by atoms with Crippen LogP contribution in [0, 0.1) is 0 Å². The lowest BCUT2D eigenvalue weighted by Crippen LogP contribution is -2.20. The first kappa shape index (κ1) is 12.4. The summed E-state index contributed by atoms with van der Waals surface area (Å²) in [6.07, 6.45) is 2.73. The highest BCUT2D eigenvalue weighted by Crippen LogP contribution is 1.99. The highest BCUT2D eigenvalue weighted by atomic mass is 32.2. The zero-order chi connectivity index (χ0) is 11.1. The molecule has 0 heterocycles. The molecule has 1 N–H and O–H groups in total. The summed E-state index contributed by atoms with van der Waals surface area (Å²) in [5, 5.41) is 3.64. The molecule has 2 unspecified atom stereocenters. The molecule has 2 nitrogen and oxygen atoms in total. The predicted octanol–water partition coefficient (Wildman–Crippen LogP) is 1.93. The van der Waals surface area contributed by atoms with Crippen LogP contribution in [0.4, 0.5) is 0 Å². The molecule has 84 valence electrons. The standard InChI is InChI=1S/C12H19NOS/c1-11(15(2)14)8-9-13-10-12-6-4-3-5-7-12/h3-7,11,13H,8-10H2,1-2H3. The SMILES string of the molecule is CC(CCNCc1ccccc1)S(C)=O. The van der Waals surface area contributed by atoms with Gasteiger partial charge in [-0.1, -0.05) is 37.3 Å². The lowest BCUT2D eigenvalue weighted by atomic mass is 10.2. The number of nitrogens with one attached hydrogen (secondary N) is 1. The molecule has 1 aromatic carbocycles. The molecule has 0 aliphatic carbocycles. The van der Waals surface area contributed by atoms with Crippen LogP contribution < -0.4 is 5.32 Å². The minimum atomic E-state index is -0.698. The molecule has 0 aliphatic rings. The van der Waals surface area contributed by atoms with E-state index >= 15 is 0 Å². The van der Waals surface area contributed by atoms with Gasteiger partial charge in [0.15, 0.2) is 0 Å². The summed E-state index contributed by atoms with van der Waals surface area (Å²) in [7, 11) is -0.698. The molecule has 0 saturated carbocycles. The molecular weight excluding hydrogens is 206 g/mol. The van der Waals surface area contributed by atoms with Crippen molar-refractivity contribution in [2.24, 2.45) is 0 Å². The average Bonchev–Trinajstić information content (AvgIpc) is 2.25. The van der Waals surface area contributed by atoms with E-state index in [9.17, 15) is 4.21 Å². The van der Waals surface area contributed by atoms with Gasteiger partial charge in [-0.3, -0.25) is 4.21 Å². The van der Waals surface area contributed by atoms with Gasteiger partial charge in [-0.15, -0.1) is 0 Å². The van der Waals surface area contributed by atoms with Crippen LogP contribution in [0.2, 0.25) is 0 Å². The van der Waals surface area contributed by atoms with E-state index < -0.39 is 10.8 Å². The van der Waals surface area contributed by atoms with Gasteiger partial charge in [-0.05, 0) is 18.5 Å². The third-order valence-electron chi connectivity index (χ3n) is 2.47. The summed E-state index contributed by atoms with van der Waals surface area (Å²) in [6, 6.07) is 10.3. The van der Waals surface area contributed by atoms with Crippen LogP contribution in [0.3, 0.4) is 0 Å². The van der Waals surface area contributed by atoms with E-state index in [1.165, 1.54) is 5.56 Å². The Labute approximate surface area is 94.5 Å². The third-order valence-corrected chi connectivity index (χ3v) is 3.84. The summed E-state index contributed by atoms with van der Waals surface area (Å²) >= 11 is 0. The van der Waals surface area contributed by atoms with E-state index in [2.05, 4.69) is 17.4 Å². The summed E-state index contributed by atoms with van der Waals surface area (Å²) in [5.74, 6) is 0. The fourth-order valence-corrected chi connectivity index (χ4v) is 1.75. The predicted molar refractivity (Wildman–Crippen MR) is 66.3 cm³/mol. The number of hydrogen-bond donors (Lipinski definition) is 1.